The van der Waals surface area contributed by atoms with Crippen LogP contribution >= 0.6 is 0 Å². The lowest BCUT2D eigenvalue weighted by Crippen LogP contribution is -2.71. The fraction of sp³-hybridized carbons (Fsp3) is 0.808. The van der Waals surface area contributed by atoms with Crippen molar-refractivity contribution >= 4 is 70.9 Å². The van der Waals surface area contributed by atoms with Crippen molar-refractivity contribution in [3.8, 4) is 0 Å². The second-order valence-electron chi connectivity index (χ2n) is 32.4. The summed E-state index contributed by atoms with van der Waals surface area (Å²) in [5.41, 5.74) is -2.73. The lowest BCUT2D eigenvalue weighted by Gasteiger charge is -2.54. The molecule has 2 bridgehead atoms. The van der Waals surface area contributed by atoms with Crippen LogP contribution in [0.2, 0.25) is 0 Å². The number of likely N-dealkylation sites (N-methyl/N-ethyl adjacent to an activating group) is 7. The molecule has 1 spiro atoms. The van der Waals surface area contributed by atoms with E-state index in [1.807, 2.05) is 0 Å². The molecule has 2 saturated heterocycles. The third-order valence-corrected chi connectivity index (χ3v) is 23.5. The summed E-state index contributed by atoms with van der Waals surface area (Å²) < 4.78 is 153. The molecule has 108 heavy (non-hydrogen) atoms. The molecule has 3 aliphatic heterocycles. The van der Waals surface area contributed by atoms with Gasteiger partial charge in [0.25, 0.3) is 5.92 Å². The van der Waals surface area contributed by atoms with E-state index in [4.69, 9.17) is 4.74 Å². The van der Waals surface area contributed by atoms with E-state index >= 15 is 46.3 Å². The lowest BCUT2D eigenvalue weighted by atomic mass is 9.58. The van der Waals surface area contributed by atoms with Gasteiger partial charge in [-0.05, 0) is 125 Å². The monoisotopic (exact) mass is 1550 g/mol. The quantitative estimate of drug-likeness (QED) is 0.163. The predicted octanol–water partition coefficient (Wildman–Crippen LogP) is 5.82. The van der Waals surface area contributed by atoms with Crippen molar-refractivity contribution < 1.29 is 106 Å². The zero-order valence-corrected chi connectivity index (χ0v) is 64.2. The third kappa shape index (κ3) is 20.8. The summed E-state index contributed by atoms with van der Waals surface area (Å²) in [6, 6.07) is -13.1. The van der Waals surface area contributed by atoms with Crippen LogP contribution < -0.4 is 16.0 Å². The Morgan fingerprint density at radius 2 is 1.27 bits per heavy atom. The number of hydrogen-bond acceptors (Lipinski definition) is 13. The average molecular weight is 1550 g/mol. The fourth-order valence-corrected chi connectivity index (χ4v) is 17.2. The number of methoxy groups -OCH3 is 1. The molecule has 12 amide bonds. The summed E-state index contributed by atoms with van der Waals surface area (Å²) in [4.78, 5) is 189. The van der Waals surface area contributed by atoms with Gasteiger partial charge in [-0.3, -0.25) is 57.5 Å². The first-order valence-electron chi connectivity index (χ1n) is 37.4. The van der Waals surface area contributed by atoms with E-state index < -0.39 is 261 Å². The van der Waals surface area contributed by atoms with E-state index in [1.54, 1.807) is 39.8 Å². The van der Waals surface area contributed by atoms with Crippen molar-refractivity contribution in [3.05, 3.63) is 12.2 Å². The molecule has 3 N–H and O–H groups in total. The average Bonchev–Trinajstić information content (AvgIpc) is 1.07. The van der Waals surface area contributed by atoms with Crippen molar-refractivity contribution in [2.24, 2.45) is 40.9 Å². The van der Waals surface area contributed by atoms with Gasteiger partial charge in [0.05, 0.1) is 38.6 Å². The molecule has 4 saturated carbocycles. The van der Waals surface area contributed by atoms with Crippen molar-refractivity contribution in [3.63, 3.8) is 0 Å². The van der Waals surface area contributed by atoms with Crippen molar-refractivity contribution in [2.45, 2.75) is 241 Å². The first-order chi connectivity index (χ1) is 50.2. The van der Waals surface area contributed by atoms with Crippen LogP contribution in [0, 0.1) is 40.9 Å². The van der Waals surface area contributed by atoms with Crippen LogP contribution in [0.15, 0.2) is 12.2 Å². The van der Waals surface area contributed by atoms with Gasteiger partial charge >= 0.3 is 12.4 Å². The number of hydrogen-bond donors (Lipinski definition) is 3. The van der Waals surface area contributed by atoms with Crippen LogP contribution in [0.25, 0.3) is 0 Å². The van der Waals surface area contributed by atoms with Gasteiger partial charge in [-0.1, -0.05) is 59.1 Å². The van der Waals surface area contributed by atoms with Gasteiger partial charge in [0.2, 0.25) is 70.9 Å². The maximum absolute atomic E-state index is 16.2. The van der Waals surface area contributed by atoms with Gasteiger partial charge in [0.15, 0.2) is 0 Å². The summed E-state index contributed by atoms with van der Waals surface area (Å²) in [6.45, 7) is 2.95. The minimum Gasteiger partial charge on any atom is -0.382 e. The minimum atomic E-state index is -5.29. The van der Waals surface area contributed by atoms with E-state index in [1.165, 1.54) is 56.4 Å². The highest BCUT2D eigenvalue weighted by Crippen LogP contribution is 2.51. The molecule has 7 aliphatic rings. The number of rotatable bonds is 11. The summed E-state index contributed by atoms with van der Waals surface area (Å²) in [5.74, 6) is -23.2. The van der Waals surface area contributed by atoms with E-state index in [9.17, 15) is 55.1 Å². The predicted molar refractivity (Wildman–Crippen MR) is 372 cm³/mol. The Morgan fingerprint density at radius 3 is 1.82 bits per heavy atom. The van der Waals surface area contributed by atoms with Gasteiger partial charge in [-0.2, -0.15) is 26.3 Å². The molecule has 4 aliphatic carbocycles. The van der Waals surface area contributed by atoms with E-state index in [-0.39, 0.29) is 70.8 Å². The van der Waals surface area contributed by atoms with Gasteiger partial charge in [-0.15, -0.1) is 0 Å². The Morgan fingerprint density at radius 1 is 0.667 bits per heavy atom. The Hall–Kier alpha value is -7.36. The first kappa shape index (κ1) is 87.9. The molecule has 0 aromatic rings. The van der Waals surface area contributed by atoms with Crippen molar-refractivity contribution in [2.75, 3.05) is 96.3 Å². The Balaban J connectivity index is 1.33. The zero-order valence-electron chi connectivity index (χ0n) is 64.2. The normalized spacial score (nSPS) is 32.2. The van der Waals surface area contributed by atoms with Gasteiger partial charge in [0.1, 0.15) is 72.1 Å². The molecule has 11 atom stereocenters. The summed E-state index contributed by atoms with van der Waals surface area (Å²) in [7, 11) is 11.5. The fourth-order valence-electron chi connectivity index (χ4n) is 17.2. The number of carbonyl (C=O) groups excluding carboxylic acids is 12. The van der Waals surface area contributed by atoms with Crippen LogP contribution in [0.1, 0.15) is 156 Å². The van der Waals surface area contributed by atoms with E-state index in [2.05, 4.69) is 16.0 Å². The largest absolute Gasteiger partial charge is 0.397 e. The molecule has 0 aromatic carbocycles. The van der Waals surface area contributed by atoms with Crippen LogP contribution in [0.5, 0.6) is 0 Å². The Bertz CT molecular complexity index is 3290. The molecular weight excluding hydrogens is 1440 g/mol. The highest BCUT2D eigenvalue weighted by molar-refractivity contribution is 6.01. The number of carbonyl (C=O) groups is 12. The highest BCUT2D eigenvalue weighted by atomic mass is 19.4. The smallest absolute Gasteiger partial charge is 0.382 e. The second kappa shape index (κ2) is 35.8. The molecule has 610 valence electrons. The number of halogens is 10. The van der Waals surface area contributed by atoms with E-state index in [0.717, 1.165) is 46.2 Å². The van der Waals surface area contributed by atoms with Crippen molar-refractivity contribution in [1.29, 1.82) is 0 Å². The molecule has 35 heteroatoms. The summed E-state index contributed by atoms with van der Waals surface area (Å²) >= 11 is 0. The lowest BCUT2D eigenvalue weighted by molar-refractivity contribution is -0.219. The van der Waals surface area contributed by atoms with Crippen LogP contribution in [0.3, 0.4) is 0 Å². The number of amides is 12. The van der Waals surface area contributed by atoms with Gasteiger partial charge < -0.3 is 64.8 Å². The minimum absolute atomic E-state index is 0.0591. The van der Waals surface area contributed by atoms with E-state index in [0.29, 0.717) is 30.6 Å². The van der Waals surface area contributed by atoms with Crippen LogP contribution in [-0.2, 0) is 62.3 Å². The van der Waals surface area contributed by atoms with Crippen molar-refractivity contribution in [1.82, 2.24) is 60.0 Å². The molecule has 0 radical (unpaired) electrons. The summed E-state index contributed by atoms with van der Waals surface area (Å²) in [5, 5.41) is 7.80. The third-order valence-electron chi connectivity index (χ3n) is 23.5. The number of nitrogens with one attached hydrogen (secondary N) is 3. The topological polar surface area (TPSA) is 279 Å². The number of nitrogens with zero attached hydrogens (tertiary/aromatic N) is 9. The van der Waals surface area contributed by atoms with Gasteiger partial charge in [-0.25, -0.2) is 17.6 Å². The molecule has 25 nitrogen and oxygen atoms in total. The molecular formula is C73H110F10N12O13. The maximum Gasteiger partial charge on any atom is 0.397 e. The Kier molecular flexibility index (Phi) is 29.1. The SMILES string of the molecule is CC[C@H](C)[C@@H]1NC(=O)[C@H](COC)N(C)C(=O)C[C@@H](C(=O)N(C)C)N(C)C(=O)[C@H](C2CCCC2)N(C)C(=O)C2(CC(C)(C)C2)NC(=O)[C@@H]2CC(F)(F)CN2C(=O)[C@H](CCC2CC(F)C(C(F)(F)F)C(F)C2)NC(=O)CN(C)C(=O)[C@H](CC2CCC(C(F)(F)F)CC2)N2CC/C=C\C[C@@H](C2=O)N(C)C(=O)CN(C)C1=O. The summed E-state index contributed by atoms with van der Waals surface area (Å²) in [6.07, 6.45) is -16.4. The Labute approximate surface area is 624 Å². The molecule has 0 aromatic heterocycles. The maximum atomic E-state index is 16.2. The highest BCUT2D eigenvalue weighted by Gasteiger charge is 2.61. The van der Waals surface area contributed by atoms with Crippen LogP contribution in [-0.4, -0.2) is 296 Å². The molecule has 7 rings (SSSR count). The molecule has 6 fully saturated rings. The number of fused-ring (bicyclic) bond motifs is 3. The molecule has 2 unspecified atom stereocenters. The first-order valence-corrected chi connectivity index (χ1v) is 37.4. The second-order valence-corrected chi connectivity index (χ2v) is 32.4. The van der Waals surface area contributed by atoms with Crippen LogP contribution in [0.4, 0.5) is 43.9 Å². The molecule has 3 heterocycles. The zero-order chi connectivity index (χ0) is 80.8. The standard InChI is InChI=1S/C73H110F10N12O13/c1-14-41(2)58-66(105)89(8)36-56(98)90(9)49-22-16-15-19-29-94(65(49)104)51(32-42-23-26-45(27-24-42)72(78,79)80)64(103)88(7)35-54(96)84-48(28-25-43-30-46(74)57(47(75)31-43)73(81,82)83)62(101)95-40-71(76,77)34-52(95)61(100)86-70(38-69(3,4)39-70)68(107)93(12)59(44-20-17-18-21-44)67(106)92(11)50(63(102)87(5)6)33-55(97)91(10)53(37-108-13)60(99)85-58/h15-16,41-53,57-59H,14,17-40H2,1-13H3,(H,84,96)(H,85,99)(H,86,100)/b16-15-/t41-,42?,43?,45?,46?,47?,48-,49-,50-,51-,52-,53-,57?,58-,59-/m0/s1. The van der Waals surface area contributed by atoms with Gasteiger partial charge in [0, 0.05) is 76.5 Å². The number of ether oxygens (including phenoxy) is 1. The number of alkyl halides is 10.